The first-order chi connectivity index (χ1) is 12.8. The van der Waals surface area contributed by atoms with Crippen LogP contribution in [0.25, 0.3) is 0 Å². The smallest absolute Gasteiger partial charge is 0.369 e. The number of urea groups is 1. The molecule has 9 heteroatoms. The first-order valence-corrected chi connectivity index (χ1v) is 9.16. The third kappa shape index (κ3) is 5.04. The van der Waals surface area contributed by atoms with Crippen LogP contribution >= 0.6 is 0 Å². The van der Waals surface area contributed by atoms with Gasteiger partial charge in [0.25, 0.3) is 0 Å². The van der Waals surface area contributed by atoms with Crippen molar-refractivity contribution in [3.63, 3.8) is 0 Å². The van der Waals surface area contributed by atoms with Crippen LogP contribution in [0.1, 0.15) is 24.0 Å². The minimum absolute atomic E-state index is 0.0181. The molecule has 2 aliphatic heterocycles. The molecular weight excluding hydrogens is 361 g/mol. The van der Waals surface area contributed by atoms with Gasteiger partial charge in [0.15, 0.2) is 0 Å². The molecular formula is C18H25F3N4O2. The highest BCUT2D eigenvalue weighted by Crippen LogP contribution is 2.33. The number of halogens is 3. The number of nitrogens with zero attached hydrogens (tertiary/aromatic N) is 3. The van der Waals surface area contributed by atoms with E-state index in [1.807, 2.05) is 7.05 Å². The van der Waals surface area contributed by atoms with Crippen molar-refractivity contribution in [2.75, 3.05) is 51.3 Å². The first kappa shape index (κ1) is 19.8. The van der Waals surface area contributed by atoms with Crippen LogP contribution in [0.15, 0.2) is 18.2 Å². The summed E-state index contributed by atoms with van der Waals surface area (Å²) in [5, 5.41) is 3.94. The number of carbonyl (C=O) groups excluding carboxylic acids is 1. The molecule has 0 unspecified atom stereocenters. The van der Waals surface area contributed by atoms with Crippen LogP contribution in [-0.2, 0) is 17.6 Å². The van der Waals surface area contributed by atoms with Gasteiger partial charge >= 0.3 is 12.2 Å². The molecule has 150 valence electrons. The number of nitrogens with one attached hydrogen (secondary N) is 1. The van der Waals surface area contributed by atoms with Gasteiger partial charge in [-0.05, 0) is 43.7 Å². The second kappa shape index (κ2) is 8.35. The minimum atomic E-state index is -4.42. The number of hydroxylamine groups is 2. The van der Waals surface area contributed by atoms with Gasteiger partial charge in [0.2, 0.25) is 0 Å². The normalized spacial score (nSPS) is 19.3. The number of benzene rings is 1. The summed E-state index contributed by atoms with van der Waals surface area (Å²) in [6, 6.07) is 3.32. The zero-order chi connectivity index (χ0) is 19.4. The summed E-state index contributed by atoms with van der Waals surface area (Å²) in [5.74, 6) is 0. The summed E-state index contributed by atoms with van der Waals surface area (Å²) in [6.07, 6.45) is -2.68. The quantitative estimate of drug-likeness (QED) is 0.868. The highest BCUT2D eigenvalue weighted by molar-refractivity contribution is 5.73. The van der Waals surface area contributed by atoms with Gasteiger partial charge in [-0.1, -0.05) is 0 Å². The Morgan fingerprint density at radius 3 is 2.52 bits per heavy atom. The zero-order valence-corrected chi connectivity index (χ0v) is 15.4. The van der Waals surface area contributed by atoms with Gasteiger partial charge in [0.05, 0.1) is 18.7 Å². The summed E-state index contributed by atoms with van der Waals surface area (Å²) < 4.78 is 39.4. The highest BCUT2D eigenvalue weighted by atomic mass is 19.4. The number of rotatable bonds is 3. The van der Waals surface area contributed by atoms with Crippen LogP contribution in [0.4, 0.5) is 23.7 Å². The van der Waals surface area contributed by atoms with Crippen LogP contribution in [0.5, 0.6) is 0 Å². The lowest BCUT2D eigenvalue weighted by molar-refractivity contribution is -0.139. The Balaban J connectivity index is 1.76. The lowest BCUT2D eigenvalue weighted by Gasteiger charge is -2.35. The molecule has 2 heterocycles. The fraction of sp³-hybridized carbons (Fsp3) is 0.611. The van der Waals surface area contributed by atoms with E-state index in [4.69, 9.17) is 4.84 Å². The summed E-state index contributed by atoms with van der Waals surface area (Å²) in [7, 11) is 2.02. The summed E-state index contributed by atoms with van der Waals surface area (Å²) in [5.41, 5.74) is 0.481. The second-order valence-electron chi connectivity index (χ2n) is 6.93. The molecule has 2 amide bonds. The predicted molar refractivity (Wildman–Crippen MR) is 95.3 cm³/mol. The molecule has 2 saturated heterocycles. The number of amides is 2. The Kier molecular flexibility index (Phi) is 6.11. The van der Waals surface area contributed by atoms with Crippen molar-refractivity contribution >= 4 is 11.7 Å². The van der Waals surface area contributed by atoms with Crippen molar-refractivity contribution in [3.8, 4) is 0 Å². The molecule has 2 aliphatic rings. The van der Waals surface area contributed by atoms with Crippen molar-refractivity contribution in [2.45, 2.75) is 25.6 Å². The maximum atomic E-state index is 13.1. The SMILES string of the molecule is CN1CCN(c2ccc(C(F)(F)F)cc2CNC(=O)N2CCCCO2)CC1. The maximum absolute atomic E-state index is 13.1. The van der Waals surface area contributed by atoms with E-state index in [0.717, 1.165) is 56.8 Å². The number of anilines is 1. The Hall–Kier alpha value is -2.00. The van der Waals surface area contributed by atoms with Crippen molar-refractivity contribution in [3.05, 3.63) is 29.3 Å². The third-order valence-corrected chi connectivity index (χ3v) is 4.91. The van der Waals surface area contributed by atoms with E-state index in [-0.39, 0.29) is 6.54 Å². The standard InChI is InChI=1S/C18H25F3N4O2/c1-23-7-9-24(10-8-23)16-5-4-15(18(19,20)21)12-14(16)13-22-17(26)25-6-2-3-11-27-25/h4-5,12H,2-3,6-11,13H2,1H3,(H,22,26). The molecule has 0 aliphatic carbocycles. The number of hydrogen-bond acceptors (Lipinski definition) is 4. The van der Waals surface area contributed by atoms with Crippen LogP contribution in [0.2, 0.25) is 0 Å². The van der Waals surface area contributed by atoms with Gasteiger partial charge in [-0.15, -0.1) is 0 Å². The molecule has 6 nitrogen and oxygen atoms in total. The van der Waals surface area contributed by atoms with E-state index in [1.54, 1.807) is 0 Å². The van der Waals surface area contributed by atoms with Gasteiger partial charge in [-0.25, -0.2) is 9.86 Å². The van der Waals surface area contributed by atoms with Crippen molar-refractivity contribution in [1.82, 2.24) is 15.3 Å². The van der Waals surface area contributed by atoms with Gasteiger partial charge in [0.1, 0.15) is 0 Å². The minimum Gasteiger partial charge on any atom is -0.369 e. The van der Waals surface area contributed by atoms with E-state index in [2.05, 4.69) is 15.1 Å². The Morgan fingerprint density at radius 2 is 1.89 bits per heavy atom. The molecule has 1 N–H and O–H groups in total. The van der Waals surface area contributed by atoms with E-state index in [0.29, 0.717) is 18.7 Å². The number of alkyl halides is 3. The average Bonchev–Trinajstić information content (AvgIpc) is 2.66. The first-order valence-electron chi connectivity index (χ1n) is 9.16. The van der Waals surface area contributed by atoms with Crippen molar-refractivity contribution < 1.29 is 22.8 Å². The summed E-state index contributed by atoms with van der Waals surface area (Å²) >= 11 is 0. The van der Waals surface area contributed by atoms with Crippen LogP contribution in [0, 0.1) is 0 Å². The van der Waals surface area contributed by atoms with Gasteiger partial charge in [-0.3, -0.25) is 4.84 Å². The average molecular weight is 386 g/mol. The Bertz CT molecular complexity index is 654. The topological polar surface area (TPSA) is 48.0 Å². The van der Waals surface area contributed by atoms with Crippen molar-refractivity contribution in [2.24, 2.45) is 0 Å². The van der Waals surface area contributed by atoms with Gasteiger partial charge in [-0.2, -0.15) is 13.2 Å². The second-order valence-corrected chi connectivity index (χ2v) is 6.93. The van der Waals surface area contributed by atoms with E-state index in [1.165, 1.54) is 11.1 Å². The largest absolute Gasteiger partial charge is 0.416 e. The molecule has 0 atom stereocenters. The van der Waals surface area contributed by atoms with Crippen LogP contribution in [0.3, 0.4) is 0 Å². The Labute approximate surface area is 156 Å². The summed E-state index contributed by atoms with van der Waals surface area (Å²) in [6.45, 7) is 4.13. The Morgan fingerprint density at radius 1 is 1.15 bits per heavy atom. The number of likely N-dealkylation sites (N-methyl/N-ethyl adjacent to an activating group) is 1. The van der Waals surface area contributed by atoms with Gasteiger partial charge in [0, 0.05) is 38.4 Å². The molecule has 0 spiro atoms. The fourth-order valence-corrected chi connectivity index (χ4v) is 3.28. The molecule has 0 bridgehead atoms. The molecule has 1 aromatic carbocycles. The lowest BCUT2D eigenvalue weighted by Crippen LogP contribution is -2.45. The predicted octanol–water partition coefficient (Wildman–Crippen LogP) is 2.69. The van der Waals surface area contributed by atoms with Gasteiger partial charge < -0.3 is 15.1 Å². The molecule has 0 radical (unpaired) electrons. The zero-order valence-electron chi connectivity index (χ0n) is 15.4. The van der Waals surface area contributed by atoms with Crippen LogP contribution in [-0.4, -0.2) is 62.4 Å². The van der Waals surface area contributed by atoms with E-state index >= 15 is 0 Å². The molecule has 0 saturated carbocycles. The molecule has 27 heavy (non-hydrogen) atoms. The molecule has 2 fully saturated rings. The van der Waals surface area contributed by atoms with E-state index in [9.17, 15) is 18.0 Å². The highest BCUT2D eigenvalue weighted by Gasteiger charge is 2.31. The molecule has 3 rings (SSSR count). The van der Waals surface area contributed by atoms with Crippen LogP contribution < -0.4 is 10.2 Å². The third-order valence-electron chi connectivity index (χ3n) is 4.91. The fourth-order valence-electron chi connectivity index (χ4n) is 3.28. The number of hydrogen-bond donors (Lipinski definition) is 1. The maximum Gasteiger partial charge on any atom is 0.416 e. The summed E-state index contributed by atoms with van der Waals surface area (Å²) in [4.78, 5) is 21.8. The molecule has 0 aromatic heterocycles. The number of carbonyl (C=O) groups is 1. The molecule has 1 aromatic rings. The van der Waals surface area contributed by atoms with Crippen molar-refractivity contribution in [1.29, 1.82) is 0 Å². The monoisotopic (exact) mass is 386 g/mol. The number of piperazine rings is 1. The lowest BCUT2D eigenvalue weighted by atomic mass is 10.1. The van der Waals surface area contributed by atoms with E-state index < -0.39 is 17.8 Å².